The predicted octanol–water partition coefficient (Wildman–Crippen LogP) is 5.72. The van der Waals surface area contributed by atoms with Gasteiger partial charge in [-0.1, -0.05) is 53.9 Å². The highest BCUT2D eigenvalue weighted by Crippen LogP contribution is 2.26. The molecule has 1 aromatic rings. The quantitative estimate of drug-likeness (QED) is 0.481. The van der Waals surface area contributed by atoms with Gasteiger partial charge in [-0.25, -0.2) is 4.79 Å². The molecule has 0 unspecified atom stereocenters. The molecule has 1 N–H and O–H groups in total. The number of carboxylic acids is 1. The molecule has 0 aliphatic rings. The summed E-state index contributed by atoms with van der Waals surface area (Å²) in [4.78, 5) is 13.1. The molecule has 0 atom stereocenters. The van der Waals surface area contributed by atoms with Crippen molar-refractivity contribution in [2.75, 3.05) is 26.7 Å². The first-order valence-corrected chi connectivity index (χ1v) is 9.99. The van der Waals surface area contributed by atoms with E-state index in [0.717, 1.165) is 18.8 Å². The third-order valence-electron chi connectivity index (χ3n) is 4.69. The molecular weight excluding hydrogens is 326 g/mol. The van der Waals surface area contributed by atoms with Crippen molar-refractivity contribution in [2.24, 2.45) is 5.41 Å². The molecule has 26 heavy (non-hydrogen) atoms. The molecule has 0 saturated heterocycles. The zero-order valence-corrected chi connectivity index (χ0v) is 17.7. The number of carboxylic acid groups (broad SMARTS) is 1. The van der Waals surface area contributed by atoms with Gasteiger partial charge in [-0.05, 0) is 56.1 Å². The molecule has 0 aromatic heterocycles. The number of rotatable bonds is 12. The molecule has 0 radical (unpaired) electrons. The molecule has 1 aromatic carbocycles. The first kappa shape index (κ1) is 24.5. The zero-order valence-electron chi connectivity index (χ0n) is 17.7. The number of ether oxygens (including phenoxy) is 1. The number of likely N-dealkylation sites (N-methyl/N-ethyl adjacent to an activating group) is 1. The summed E-state index contributed by atoms with van der Waals surface area (Å²) in [5.41, 5.74) is 0.765. The number of carbonyl (C=O) groups is 1. The summed E-state index contributed by atoms with van der Waals surface area (Å²) >= 11 is 0. The van der Waals surface area contributed by atoms with E-state index in [4.69, 9.17) is 9.84 Å². The fraction of sp³-hybridized carbons (Fsp3) is 0.682. The van der Waals surface area contributed by atoms with Crippen LogP contribution in [-0.2, 0) is 0 Å². The number of hydrogen-bond donors (Lipinski definition) is 1. The summed E-state index contributed by atoms with van der Waals surface area (Å²) in [7, 11) is 2.12. The Balaban J connectivity index is 0.00000301. The van der Waals surface area contributed by atoms with Gasteiger partial charge in [-0.2, -0.15) is 0 Å². The molecule has 0 spiro atoms. The summed E-state index contributed by atoms with van der Waals surface area (Å²) < 4.78 is 5.66. The van der Waals surface area contributed by atoms with Crippen molar-refractivity contribution in [1.82, 2.24) is 4.90 Å². The minimum Gasteiger partial charge on any atom is -0.492 e. The van der Waals surface area contributed by atoms with Crippen LogP contribution in [0.1, 0.15) is 77.1 Å². The normalized spacial score (nSPS) is 11.0. The van der Waals surface area contributed by atoms with Gasteiger partial charge in [0.1, 0.15) is 12.4 Å². The van der Waals surface area contributed by atoms with Crippen LogP contribution in [0, 0.1) is 5.41 Å². The number of nitrogens with zero attached hydrogens (tertiary/aromatic N) is 1. The van der Waals surface area contributed by atoms with E-state index in [0.29, 0.717) is 12.0 Å². The highest BCUT2D eigenvalue weighted by Gasteiger charge is 2.13. The summed E-state index contributed by atoms with van der Waals surface area (Å²) in [6.07, 6.45) is 6.37. The Hall–Kier alpha value is -1.55. The van der Waals surface area contributed by atoms with Gasteiger partial charge in [-0.3, -0.25) is 0 Å². The Bertz CT molecular complexity index is 483. The molecule has 1 rings (SSSR count). The number of hydrogen-bond acceptors (Lipinski definition) is 3. The smallest absolute Gasteiger partial charge is 0.335 e. The van der Waals surface area contributed by atoms with E-state index < -0.39 is 5.97 Å². The first-order chi connectivity index (χ1) is 12.3. The van der Waals surface area contributed by atoms with Crippen LogP contribution in [0.3, 0.4) is 0 Å². The van der Waals surface area contributed by atoms with Crippen LogP contribution in [0.4, 0.5) is 0 Å². The van der Waals surface area contributed by atoms with E-state index in [9.17, 15) is 4.79 Å². The summed E-state index contributed by atoms with van der Waals surface area (Å²) in [5, 5.41) is 8.86. The van der Waals surface area contributed by atoms with E-state index in [1.807, 2.05) is 13.8 Å². The fourth-order valence-corrected chi connectivity index (χ4v) is 2.46. The van der Waals surface area contributed by atoms with E-state index in [1.165, 1.54) is 32.1 Å². The standard InChI is InChI=1S/C20H33NO3.C2H6/c1-5-20(2,3)13-7-6-8-14-21(4)15-16-24-18-11-9-17(10-12-18)19(22)23;1-2/h9-12H,5-8,13-16H2,1-4H3,(H,22,23);1-2H3. The zero-order chi connectivity index (χ0) is 20.0. The van der Waals surface area contributed by atoms with Crippen LogP contribution < -0.4 is 4.74 Å². The lowest BCUT2D eigenvalue weighted by molar-refractivity contribution is 0.0697. The largest absolute Gasteiger partial charge is 0.492 e. The molecule has 150 valence electrons. The Kier molecular flexibility index (Phi) is 12.8. The van der Waals surface area contributed by atoms with Crippen molar-refractivity contribution in [1.29, 1.82) is 0 Å². The molecule has 4 nitrogen and oxygen atoms in total. The van der Waals surface area contributed by atoms with Crippen molar-refractivity contribution in [2.45, 2.75) is 66.7 Å². The Morgan fingerprint density at radius 2 is 1.69 bits per heavy atom. The van der Waals surface area contributed by atoms with Gasteiger partial charge < -0.3 is 14.7 Å². The van der Waals surface area contributed by atoms with Crippen LogP contribution in [0.25, 0.3) is 0 Å². The fourth-order valence-electron chi connectivity index (χ4n) is 2.46. The van der Waals surface area contributed by atoms with Gasteiger partial charge in [0, 0.05) is 6.54 Å². The molecule has 4 heteroatoms. The van der Waals surface area contributed by atoms with Gasteiger partial charge in [0.05, 0.1) is 5.56 Å². The van der Waals surface area contributed by atoms with Crippen molar-refractivity contribution < 1.29 is 14.6 Å². The second-order valence-electron chi connectivity index (χ2n) is 7.31. The van der Waals surface area contributed by atoms with Crippen molar-refractivity contribution in [3.05, 3.63) is 29.8 Å². The predicted molar refractivity (Wildman–Crippen MR) is 110 cm³/mol. The molecule has 0 amide bonds. The maximum Gasteiger partial charge on any atom is 0.335 e. The molecule has 0 bridgehead atoms. The molecule has 0 aliphatic carbocycles. The second kappa shape index (κ2) is 13.6. The van der Waals surface area contributed by atoms with Crippen LogP contribution in [0.5, 0.6) is 5.75 Å². The van der Waals surface area contributed by atoms with Gasteiger partial charge in [0.15, 0.2) is 0 Å². The monoisotopic (exact) mass is 365 g/mol. The number of aromatic carboxylic acids is 1. The minimum absolute atomic E-state index is 0.283. The van der Waals surface area contributed by atoms with Crippen LogP contribution in [-0.4, -0.2) is 42.7 Å². The molecule has 0 fully saturated rings. The third kappa shape index (κ3) is 11.1. The van der Waals surface area contributed by atoms with Crippen LogP contribution >= 0.6 is 0 Å². The minimum atomic E-state index is -0.913. The Morgan fingerprint density at radius 1 is 1.08 bits per heavy atom. The molecular formula is C22H39NO3. The molecule has 0 aliphatic heterocycles. The lowest BCUT2D eigenvalue weighted by Crippen LogP contribution is -2.25. The van der Waals surface area contributed by atoms with E-state index in [1.54, 1.807) is 24.3 Å². The molecule has 0 heterocycles. The maximum atomic E-state index is 10.8. The van der Waals surface area contributed by atoms with Crippen molar-refractivity contribution in [3.8, 4) is 5.75 Å². The number of unbranched alkanes of at least 4 members (excludes halogenated alkanes) is 2. The first-order valence-electron chi connectivity index (χ1n) is 9.99. The molecule has 0 saturated carbocycles. The third-order valence-corrected chi connectivity index (χ3v) is 4.69. The van der Waals surface area contributed by atoms with E-state index in [2.05, 4.69) is 32.7 Å². The van der Waals surface area contributed by atoms with Gasteiger partial charge in [-0.15, -0.1) is 0 Å². The SMILES string of the molecule is CC.CCC(C)(C)CCCCCN(C)CCOc1ccc(C(=O)O)cc1. The average Bonchev–Trinajstić information content (AvgIpc) is 2.63. The van der Waals surface area contributed by atoms with Gasteiger partial charge in [0.25, 0.3) is 0 Å². The maximum absolute atomic E-state index is 10.8. The topological polar surface area (TPSA) is 49.8 Å². The Labute approximate surface area is 160 Å². The van der Waals surface area contributed by atoms with Gasteiger partial charge >= 0.3 is 5.97 Å². The average molecular weight is 366 g/mol. The van der Waals surface area contributed by atoms with E-state index >= 15 is 0 Å². The highest BCUT2D eigenvalue weighted by molar-refractivity contribution is 5.87. The highest BCUT2D eigenvalue weighted by atomic mass is 16.5. The lowest BCUT2D eigenvalue weighted by atomic mass is 9.84. The lowest BCUT2D eigenvalue weighted by Gasteiger charge is -2.22. The van der Waals surface area contributed by atoms with Gasteiger partial charge in [0.2, 0.25) is 0 Å². The van der Waals surface area contributed by atoms with Crippen molar-refractivity contribution >= 4 is 5.97 Å². The summed E-state index contributed by atoms with van der Waals surface area (Å²) in [5.74, 6) is -0.196. The summed E-state index contributed by atoms with van der Waals surface area (Å²) in [6.45, 7) is 13.5. The van der Waals surface area contributed by atoms with Crippen molar-refractivity contribution in [3.63, 3.8) is 0 Å². The van der Waals surface area contributed by atoms with Crippen LogP contribution in [0.2, 0.25) is 0 Å². The number of benzene rings is 1. The van der Waals surface area contributed by atoms with Crippen LogP contribution in [0.15, 0.2) is 24.3 Å². The Morgan fingerprint density at radius 3 is 2.23 bits per heavy atom. The second-order valence-corrected chi connectivity index (χ2v) is 7.31. The van der Waals surface area contributed by atoms with E-state index in [-0.39, 0.29) is 5.56 Å². The summed E-state index contributed by atoms with van der Waals surface area (Å²) in [6, 6.07) is 6.55.